The monoisotopic (exact) mass is 1740 g/mol. The van der Waals surface area contributed by atoms with Crippen LogP contribution >= 0.6 is 7.82 Å². The molecule has 0 bridgehead atoms. The Balaban J connectivity index is 0.0000196. The standard InChI is InChI=1S/C93H177N2O18P.C6H15N/c1-7-13-19-25-31-37-40-46-52-58-64-71-86(99)108-80(68-61-55-49-43-34-28-22-16-10-4)76-84(97)94-75-67-74-92(95-85(98)77-81(69-62-56-50-44-35-29-23-17-11-5)109-87(100)72-65-59-53-47-41-38-32-26-20-14-8-2)91(103)111-83(79-96)90(113-114(105,106)107)93(92,104)112-89(102)78-82(70-63-57-51-45-36-30-24-18-12-6)110-88(101)73-66-60-54-48-42-39-33-27-21-15-9-3;1-4-7(5-2)6-3/h80-83,90-91,96,103-104H,7-79H2,1-6H3,(H,94,97)(H,95,98)(H2,105,106,107);4-6H2,1-3H3/t80-,81-,82-,83-,90-,91-,92+,93+;/m1./s1. The first-order chi connectivity index (χ1) is 58.6. The van der Waals surface area contributed by atoms with Crippen molar-refractivity contribution >= 4 is 43.5 Å². The first kappa shape index (κ1) is 118. The minimum Gasteiger partial charge on any atom is -0.462 e. The molecule has 1 aliphatic rings. The summed E-state index contributed by atoms with van der Waals surface area (Å²) in [5, 5.41) is 42.8. The number of nitrogens with zero attached hydrogens (tertiary/aromatic N) is 1. The molecule has 0 aromatic heterocycles. The van der Waals surface area contributed by atoms with E-state index in [4.69, 9.17) is 28.2 Å². The molecule has 0 radical (unpaired) electrons. The van der Waals surface area contributed by atoms with Gasteiger partial charge in [0.15, 0.2) is 17.9 Å². The number of carbonyl (C=O) groups excluding carboxylic acids is 6. The second kappa shape index (κ2) is 82.4. The molecule has 1 aliphatic heterocycles. The third-order valence-electron chi connectivity index (χ3n) is 24.5. The number of carbonyl (C=O) groups is 6. The molecule has 0 aromatic carbocycles. The molecular weight excluding hydrogens is 1550 g/mol. The highest BCUT2D eigenvalue weighted by Gasteiger charge is 2.70. The largest absolute Gasteiger partial charge is 0.470 e. The van der Waals surface area contributed by atoms with Crippen molar-refractivity contribution in [1.82, 2.24) is 15.5 Å². The third-order valence-corrected chi connectivity index (χ3v) is 25.0. The summed E-state index contributed by atoms with van der Waals surface area (Å²) < 4.78 is 48.9. The molecule has 21 nitrogen and oxygen atoms in total. The van der Waals surface area contributed by atoms with Crippen LogP contribution in [0.3, 0.4) is 0 Å². The van der Waals surface area contributed by atoms with Crippen LogP contribution in [0.2, 0.25) is 0 Å². The van der Waals surface area contributed by atoms with Crippen molar-refractivity contribution in [3.8, 4) is 0 Å². The van der Waals surface area contributed by atoms with E-state index in [9.17, 15) is 48.8 Å². The van der Waals surface area contributed by atoms with E-state index in [1.54, 1.807) is 0 Å². The first-order valence-corrected chi connectivity index (χ1v) is 52.7. The minimum absolute atomic E-state index is 0.0925. The van der Waals surface area contributed by atoms with E-state index in [-0.39, 0.29) is 57.5 Å². The molecule has 0 aliphatic carbocycles. The second-order valence-corrected chi connectivity index (χ2v) is 36.8. The molecule has 1 rings (SSSR count). The Labute approximate surface area is 741 Å². The molecule has 2 amide bonds. The van der Waals surface area contributed by atoms with Gasteiger partial charge in [-0.1, -0.05) is 409 Å². The van der Waals surface area contributed by atoms with E-state index < -0.39 is 112 Å². The lowest BCUT2D eigenvalue weighted by Crippen LogP contribution is -2.81. The molecule has 0 unspecified atom stereocenters. The van der Waals surface area contributed by atoms with Crippen molar-refractivity contribution in [2.45, 2.75) is 566 Å². The molecule has 8 atom stereocenters. The lowest BCUT2D eigenvalue weighted by atomic mass is 9.76. The van der Waals surface area contributed by atoms with E-state index in [1.807, 2.05) is 0 Å². The summed E-state index contributed by atoms with van der Waals surface area (Å²) in [7, 11) is -5.78. The fourth-order valence-corrected chi connectivity index (χ4v) is 17.3. The van der Waals surface area contributed by atoms with Crippen LogP contribution in [-0.4, -0.2) is 147 Å². The number of nitrogens with one attached hydrogen (secondary N) is 2. The average Bonchev–Trinajstić information content (AvgIpc) is 0.715. The van der Waals surface area contributed by atoms with Crippen LogP contribution in [0.1, 0.15) is 518 Å². The number of unbranched alkanes of at least 4 members (excludes halogenated alkanes) is 54. The number of aliphatic hydroxyl groups is 3. The van der Waals surface area contributed by atoms with E-state index in [2.05, 4.69) is 77.8 Å². The number of amides is 2. The fraction of sp³-hybridized carbons (Fsp3) is 0.939. The van der Waals surface area contributed by atoms with Crippen LogP contribution in [0.15, 0.2) is 0 Å². The van der Waals surface area contributed by atoms with Crippen LogP contribution < -0.4 is 10.6 Å². The average molecular weight is 1740 g/mol. The predicted molar refractivity (Wildman–Crippen MR) is 495 cm³/mol. The molecule has 22 heteroatoms. The zero-order valence-corrected chi connectivity index (χ0v) is 80.5. The first-order valence-electron chi connectivity index (χ1n) is 51.1. The van der Waals surface area contributed by atoms with E-state index >= 15 is 9.59 Å². The molecule has 1 saturated heterocycles. The maximum Gasteiger partial charge on any atom is 0.470 e. The Kier molecular flexibility index (Phi) is 80.2. The number of rotatable bonds is 87. The number of hydrogen-bond acceptors (Lipinski definition) is 17. The lowest BCUT2D eigenvalue weighted by Gasteiger charge is -2.56. The Hall–Kier alpha value is -3.27. The highest BCUT2D eigenvalue weighted by molar-refractivity contribution is 7.46. The molecule has 1 fully saturated rings. The minimum atomic E-state index is -5.78. The Morgan fingerprint density at radius 3 is 0.901 bits per heavy atom. The SMILES string of the molecule is CCCCCCCCCCCCCC(=O)O[C@H](CCCCCCCCCCC)CC(=O)NCCC[C@]1(NC(=O)C[C@@H](CCCCCCCCCCC)OC(=O)CCCCCCCCCCCCC)[C@H](O)O[C@H](CO)[C@@H](OP(=O)(O)O)[C@]1(O)OC(=O)C[C@@H](CCCCCCCCCCC)OC(=O)CCCCCCCCCCCCC.CCN(CC)CC. The number of phosphoric acid groups is 1. The molecule has 1 heterocycles. The van der Waals surface area contributed by atoms with Gasteiger partial charge in [-0.05, 0) is 90.3 Å². The highest BCUT2D eigenvalue weighted by atomic mass is 31.2. The Morgan fingerprint density at radius 1 is 0.372 bits per heavy atom. The van der Waals surface area contributed by atoms with Gasteiger partial charge in [-0.2, -0.15) is 0 Å². The summed E-state index contributed by atoms with van der Waals surface area (Å²) in [5.74, 6) is -7.59. The van der Waals surface area contributed by atoms with Crippen molar-refractivity contribution in [3.05, 3.63) is 0 Å². The molecule has 0 aromatic rings. The number of esters is 4. The zero-order chi connectivity index (χ0) is 89.4. The van der Waals surface area contributed by atoms with Gasteiger partial charge < -0.3 is 64.3 Å². The van der Waals surface area contributed by atoms with Crippen molar-refractivity contribution in [1.29, 1.82) is 0 Å². The maximum atomic E-state index is 15.3. The van der Waals surface area contributed by atoms with Gasteiger partial charge in [-0.15, -0.1) is 0 Å². The second-order valence-electron chi connectivity index (χ2n) is 35.6. The van der Waals surface area contributed by atoms with Crippen LogP contribution in [0.4, 0.5) is 0 Å². The van der Waals surface area contributed by atoms with Crippen molar-refractivity contribution < 1.29 is 86.6 Å². The summed E-state index contributed by atoms with van der Waals surface area (Å²) in [5.41, 5.74) is -2.82. The topological polar surface area (TPSA) is 303 Å². The van der Waals surface area contributed by atoms with Crippen LogP contribution in [0, 0.1) is 0 Å². The number of phosphoric ester groups is 1. The van der Waals surface area contributed by atoms with E-state index in [0.29, 0.717) is 38.5 Å². The van der Waals surface area contributed by atoms with Gasteiger partial charge >= 0.3 is 31.7 Å². The molecular formula is C99H192N3O18P. The lowest BCUT2D eigenvalue weighted by molar-refractivity contribution is -0.380. The molecule has 716 valence electrons. The number of aliphatic hydroxyl groups excluding tert-OH is 2. The van der Waals surface area contributed by atoms with Crippen molar-refractivity contribution in [3.63, 3.8) is 0 Å². The fourth-order valence-electron chi connectivity index (χ4n) is 16.8. The molecule has 0 spiro atoms. The van der Waals surface area contributed by atoms with Gasteiger partial charge in [0.1, 0.15) is 24.4 Å². The Bertz CT molecular complexity index is 2450. The van der Waals surface area contributed by atoms with Crippen LogP contribution in [0.25, 0.3) is 0 Å². The highest BCUT2D eigenvalue weighted by Crippen LogP contribution is 2.50. The smallest absolute Gasteiger partial charge is 0.462 e. The molecule has 121 heavy (non-hydrogen) atoms. The summed E-state index contributed by atoms with van der Waals surface area (Å²) in [6.45, 7) is 22.0. The van der Waals surface area contributed by atoms with Gasteiger partial charge in [0.2, 0.25) is 11.8 Å². The van der Waals surface area contributed by atoms with Crippen molar-refractivity contribution in [2.24, 2.45) is 0 Å². The number of hydrogen-bond donors (Lipinski definition) is 7. The number of ether oxygens (including phenoxy) is 5. The maximum absolute atomic E-state index is 15.3. The van der Waals surface area contributed by atoms with Gasteiger partial charge in [-0.25, -0.2) is 4.57 Å². The third kappa shape index (κ3) is 65.9. The van der Waals surface area contributed by atoms with Gasteiger partial charge in [0.05, 0.1) is 25.9 Å². The van der Waals surface area contributed by atoms with E-state index in [0.717, 1.165) is 180 Å². The molecule has 0 saturated carbocycles. The van der Waals surface area contributed by atoms with Crippen molar-refractivity contribution in [2.75, 3.05) is 32.8 Å². The predicted octanol–water partition coefficient (Wildman–Crippen LogP) is 25.3. The van der Waals surface area contributed by atoms with Gasteiger partial charge in [0, 0.05) is 25.8 Å². The van der Waals surface area contributed by atoms with Gasteiger partial charge in [0.25, 0.3) is 5.79 Å². The van der Waals surface area contributed by atoms with Crippen LogP contribution in [0.5, 0.6) is 0 Å². The quantitative estimate of drug-likeness (QED) is 0.00978. The zero-order valence-electron chi connectivity index (χ0n) is 79.6. The van der Waals surface area contributed by atoms with Crippen LogP contribution in [-0.2, 0) is 61.5 Å². The molecule has 7 N–H and O–H groups in total. The summed E-state index contributed by atoms with van der Waals surface area (Å²) in [6, 6.07) is 0. The Morgan fingerprint density at radius 2 is 0.636 bits per heavy atom. The summed E-state index contributed by atoms with van der Waals surface area (Å²) >= 11 is 0. The normalized spacial score (nSPS) is 17.4. The van der Waals surface area contributed by atoms with E-state index in [1.165, 1.54) is 193 Å². The summed E-state index contributed by atoms with van der Waals surface area (Å²) in [6.07, 6.45) is 53.4. The summed E-state index contributed by atoms with van der Waals surface area (Å²) in [4.78, 5) is 109. The van der Waals surface area contributed by atoms with Gasteiger partial charge in [-0.3, -0.25) is 33.3 Å².